The maximum absolute atomic E-state index is 12.7. The number of rotatable bonds is 4. The molecule has 0 saturated carbocycles. The van der Waals surface area contributed by atoms with Crippen LogP contribution in [0.3, 0.4) is 0 Å². The Hall–Kier alpha value is -3.85. The second-order valence-corrected chi connectivity index (χ2v) is 7.10. The molecule has 2 heterocycles. The summed E-state index contributed by atoms with van der Waals surface area (Å²) < 4.78 is 7.50. The Balaban J connectivity index is 1.89. The highest BCUT2D eigenvalue weighted by atomic mass is 32.1. The number of nitro groups is 1. The fraction of sp³-hybridized carbons (Fsp3) is 0.0500. The number of para-hydroxylation sites is 1. The third kappa shape index (κ3) is 3.39. The highest BCUT2D eigenvalue weighted by Gasteiger charge is 2.15. The molecule has 0 bridgehead atoms. The second-order valence-electron chi connectivity index (χ2n) is 6.10. The maximum Gasteiger partial charge on any atom is 0.349 e. The number of nitrogens with zero attached hydrogens (tertiary/aromatic N) is 3. The number of benzene rings is 2. The Bertz CT molecular complexity index is 1430. The fourth-order valence-corrected chi connectivity index (χ4v) is 4.00. The van der Waals surface area contributed by atoms with Crippen LogP contribution in [0.25, 0.3) is 21.2 Å². The van der Waals surface area contributed by atoms with Gasteiger partial charge in [-0.1, -0.05) is 35.6 Å². The number of allylic oxidation sites excluding steroid dienone is 1. The molecule has 0 spiro atoms. The number of hydrogen-bond donors (Lipinski definition) is 0. The van der Waals surface area contributed by atoms with Crippen LogP contribution in [0.2, 0.25) is 0 Å². The van der Waals surface area contributed by atoms with E-state index >= 15 is 0 Å². The molecule has 144 valence electrons. The highest BCUT2D eigenvalue weighted by molar-refractivity contribution is 7.16. The number of fused-ring (bicyclic) bond motifs is 2. The molecular weight excluding hydrogens is 394 g/mol. The molecule has 0 saturated heterocycles. The molecule has 0 aliphatic rings. The van der Waals surface area contributed by atoms with E-state index in [0.29, 0.717) is 32.5 Å². The van der Waals surface area contributed by atoms with Crippen LogP contribution in [-0.2, 0) is 6.54 Å². The average Bonchev–Trinajstić information content (AvgIpc) is 3.04. The van der Waals surface area contributed by atoms with E-state index in [9.17, 15) is 19.7 Å². The van der Waals surface area contributed by atoms with Crippen molar-refractivity contribution in [3.63, 3.8) is 0 Å². The fourth-order valence-electron chi connectivity index (χ4n) is 2.92. The number of hydrogen-bond acceptors (Lipinski definition) is 6. The van der Waals surface area contributed by atoms with Crippen LogP contribution in [0.1, 0.15) is 10.4 Å². The minimum absolute atomic E-state index is 0.0578. The van der Waals surface area contributed by atoms with Crippen molar-refractivity contribution in [1.82, 2.24) is 4.57 Å². The number of carbonyl (C=O) groups excluding carboxylic acids is 1. The topological polar surface area (TPSA) is 108 Å². The van der Waals surface area contributed by atoms with E-state index < -0.39 is 16.5 Å². The number of carbonyl (C=O) groups is 1. The maximum atomic E-state index is 12.7. The predicted molar refractivity (Wildman–Crippen MR) is 109 cm³/mol. The lowest BCUT2D eigenvalue weighted by Gasteiger charge is -2.01. The molecule has 2 aromatic carbocycles. The van der Waals surface area contributed by atoms with Gasteiger partial charge in [-0.15, -0.1) is 6.58 Å². The van der Waals surface area contributed by atoms with E-state index in [-0.39, 0.29) is 11.3 Å². The van der Waals surface area contributed by atoms with Gasteiger partial charge < -0.3 is 8.98 Å². The predicted octanol–water partition coefficient (Wildman–Crippen LogP) is 3.64. The van der Waals surface area contributed by atoms with Crippen LogP contribution < -0.4 is 10.4 Å². The van der Waals surface area contributed by atoms with Gasteiger partial charge in [0.1, 0.15) is 11.1 Å². The molecule has 2 aromatic heterocycles. The van der Waals surface area contributed by atoms with Crippen LogP contribution in [-0.4, -0.2) is 15.4 Å². The van der Waals surface area contributed by atoms with Crippen molar-refractivity contribution in [3.8, 4) is 0 Å². The van der Waals surface area contributed by atoms with Crippen LogP contribution >= 0.6 is 11.3 Å². The monoisotopic (exact) mass is 407 g/mol. The molecule has 8 nitrogen and oxygen atoms in total. The summed E-state index contributed by atoms with van der Waals surface area (Å²) in [5.74, 6) is -0.747. The van der Waals surface area contributed by atoms with Gasteiger partial charge in [0.2, 0.25) is 0 Å². The quantitative estimate of drug-likeness (QED) is 0.222. The third-order valence-electron chi connectivity index (χ3n) is 4.26. The largest absolute Gasteiger partial charge is 0.422 e. The third-order valence-corrected chi connectivity index (χ3v) is 5.30. The highest BCUT2D eigenvalue weighted by Crippen LogP contribution is 2.23. The van der Waals surface area contributed by atoms with Crippen molar-refractivity contribution in [2.24, 2.45) is 4.99 Å². The number of amides is 1. The second kappa shape index (κ2) is 7.28. The lowest BCUT2D eigenvalue weighted by atomic mass is 10.2. The Morgan fingerprint density at radius 1 is 1.28 bits per heavy atom. The van der Waals surface area contributed by atoms with E-state index in [0.717, 1.165) is 11.3 Å². The average molecular weight is 407 g/mol. The summed E-state index contributed by atoms with van der Waals surface area (Å²) >= 11 is 1.12. The molecular formula is C20H13N3O5S. The molecule has 4 rings (SSSR count). The summed E-state index contributed by atoms with van der Waals surface area (Å²) in [5, 5.41) is 11.6. The zero-order chi connectivity index (χ0) is 20.5. The number of thiazole rings is 1. The van der Waals surface area contributed by atoms with E-state index in [4.69, 9.17) is 4.42 Å². The first kappa shape index (κ1) is 18.5. The normalized spacial score (nSPS) is 11.8. The van der Waals surface area contributed by atoms with Gasteiger partial charge in [-0.25, -0.2) is 4.79 Å². The van der Waals surface area contributed by atoms with Gasteiger partial charge in [0.25, 0.3) is 11.6 Å². The summed E-state index contributed by atoms with van der Waals surface area (Å²) in [6.07, 6.45) is 1.63. The molecule has 1 amide bonds. The molecule has 0 unspecified atom stereocenters. The lowest BCUT2D eigenvalue weighted by Crippen LogP contribution is -2.19. The Morgan fingerprint density at radius 3 is 2.83 bits per heavy atom. The summed E-state index contributed by atoms with van der Waals surface area (Å²) in [6, 6.07) is 12.7. The van der Waals surface area contributed by atoms with Gasteiger partial charge in [-0.05, 0) is 18.2 Å². The number of non-ortho nitro benzene ring substituents is 1. The minimum atomic E-state index is -0.774. The molecule has 0 aliphatic heterocycles. The molecule has 0 aliphatic carbocycles. The number of nitro benzene ring substituents is 1. The van der Waals surface area contributed by atoms with Crippen molar-refractivity contribution in [2.45, 2.75) is 6.54 Å². The Labute approximate surface area is 166 Å². The number of aromatic nitrogens is 1. The van der Waals surface area contributed by atoms with Gasteiger partial charge in [0.15, 0.2) is 4.80 Å². The molecule has 4 aromatic rings. The molecule has 0 radical (unpaired) electrons. The van der Waals surface area contributed by atoms with Crippen molar-refractivity contribution in [3.05, 3.63) is 92.1 Å². The summed E-state index contributed by atoms with van der Waals surface area (Å²) in [7, 11) is 0. The van der Waals surface area contributed by atoms with Crippen LogP contribution in [0.4, 0.5) is 5.69 Å². The molecule has 9 heteroatoms. The zero-order valence-corrected chi connectivity index (χ0v) is 15.7. The summed E-state index contributed by atoms with van der Waals surface area (Å²) in [4.78, 5) is 39.9. The smallest absolute Gasteiger partial charge is 0.349 e. The Morgan fingerprint density at radius 2 is 2.07 bits per heavy atom. The van der Waals surface area contributed by atoms with Gasteiger partial charge in [-0.2, -0.15) is 4.99 Å². The lowest BCUT2D eigenvalue weighted by molar-refractivity contribution is -0.384. The van der Waals surface area contributed by atoms with Crippen molar-refractivity contribution in [1.29, 1.82) is 0 Å². The van der Waals surface area contributed by atoms with E-state index in [1.165, 1.54) is 18.2 Å². The first-order chi connectivity index (χ1) is 14.0. The minimum Gasteiger partial charge on any atom is -0.422 e. The van der Waals surface area contributed by atoms with Crippen molar-refractivity contribution < 1.29 is 14.1 Å². The molecule has 0 atom stereocenters. The van der Waals surface area contributed by atoms with Crippen molar-refractivity contribution in [2.75, 3.05) is 0 Å². The van der Waals surface area contributed by atoms with E-state index in [2.05, 4.69) is 11.6 Å². The van der Waals surface area contributed by atoms with Gasteiger partial charge >= 0.3 is 5.63 Å². The molecule has 29 heavy (non-hydrogen) atoms. The van der Waals surface area contributed by atoms with E-state index in [1.807, 2.05) is 0 Å². The van der Waals surface area contributed by atoms with E-state index in [1.54, 1.807) is 41.0 Å². The SMILES string of the molecule is C=CCn1c(=NC(=O)c2cc3ccccc3oc2=O)sc2cc([N+](=O)[O-])ccc21. The zero-order valence-electron chi connectivity index (χ0n) is 14.9. The summed E-state index contributed by atoms with van der Waals surface area (Å²) in [5.41, 5.74) is 0.0434. The van der Waals surface area contributed by atoms with Gasteiger partial charge in [0.05, 0.1) is 15.1 Å². The first-order valence-corrected chi connectivity index (χ1v) is 9.30. The molecule has 0 fully saturated rings. The Kier molecular flexibility index (Phi) is 4.65. The van der Waals surface area contributed by atoms with Crippen LogP contribution in [0.5, 0.6) is 0 Å². The first-order valence-electron chi connectivity index (χ1n) is 8.48. The summed E-state index contributed by atoms with van der Waals surface area (Å²) in [6.45, 7) is 4.04. The van der Waals surface area contributed by atoms with Gasteiger partial charge in [-0.3, -0.25) is 14.9 Å². The van der Waals surface area contributed by atoms with Crippen molar-refractivity contribution >= 4 is 44.1 Å². The standard InChI is InChI=1S/C20H13N3O5S/c1-2-9-22-15-8-7-13(23(26)27)11-17(15)29-20(22)21-18(24)14-10-12-5-3-4-6-16(12)28-19(14)25/h2-8,10-11H,1,9H2. The van der Waals surface area contributed by atoms with Gasteiger partial charge in [0, 0.05) is 24.1 Å². The molecule has 0 N–H and O–H groups in total. The van der Waals surface area contributed by atoms with Crippen LogP contribution in [0.15, 0.2) is 75.4 Å². The van der Waals surface area contributed by atoms with Crippen LogP contribution in [0, 0.1) is 10.1 Å².